The van der Waals surface area contributed by atoms with Gasteiger partial charge in [0.15, 0.2) is 11.6 Å². The van der Waals surface area contributed by atoms with E-state index in [0.29, 0.717) is 5.56 Å². The van der Waals surface area contributed by atoms with E-state index in [1.54, 1.807) is 19.1 Å². The molecule has 3 rings (SSSR count). The number of rotatable bonds is 10. The normalized spacial score (nSPS) is 10.3. The molecule has 0 unspecified atom stereocenters. The number of Topliss-reactive ketones (excluding diaryl/α,β-unsaturated/α-hetero) is 1. The zero-order chi connectivity index (χ0) is 35.6. The van der Waals surface area contributed by atoms with Crippen molar-refractivity contribution in [1.29, 1.82) is 0 Å². The number of aryl methyl sites for hydroxylation is 4. The van der Waals surface area contributed by atoms with Gasteiger partial charge in [-0.25, -0.2) is 8.78 Å². The number of aromatic nitrogens is 1. The summed E-state index contributed by atoms with van der Waals surface area (Å²) in [6, 6.07) is 10.2. The molecule has 256 valence electrons. The molecule has 0 fully saturated rings. The van der Waals surface area contributed by atoms with Gasteiger partial charge in [0, 0.05) is 25.2 Å². The molecule has 0 radical (unpaired) electrons. The lowest BCUT2D eigenvalue weighted by molar-refractivity contribution is -0.143. The largest absolute Gasteiger partial charge is 0.466 e. The molecule has 0 N–H and O–H groups in total. The van der Waals surface area contributed by atoms with Gasteiger partial charge >= 0.3 is 5.97 Å². The van der Waals surface area contributed by atoms with Crippen molar-refractivity contribution in [2.75, 3.05) is 27.2 Å². The Kier molecular flexibility index (Phi) is 20.2. The Morgan fingerprint density at radius 1 is 0.913 bits per heavy atom. The second-order valence-corrected chi connectivity index (χ2v) is 11.9. The fourth-order valence-corrected chi connectivity index (χ4v) is 4.40. The van der Waals surface area contributed by atoms with Crippen molar-refractivity contribution in [2.24, 2.45) is 5.92 Å². The summed E-state index contributed by atoms with van der Waals surface area (Å²) in [7, 11) is 4.03. The molecule has 0 saturated heterocycles. The highest BCUT2D eigenvalue weighted by atomic mass is 19.2. The van der Waals surface area contributed by atoms with Crippen LogP contribution in [0.5, 0.6) is 0 Å². The van der Waals surface area contributed by atoms with Crippen LogP contribution >= 0.6 is 0 Å². The number of nitrogens with zero attached hydrogens (tertiary/aromatic N) is 2. The van der Waals surface area contributed by atoms with Gasteiger partial charge in [0.25, 0.3) is 5.56 Å². The first-order valence-corrected chi connectivity index (χ1v) is 16.1. The maximum atomic E-state index is 14.0. The minimum absolute atomic E-state index is 0.00508. The third-order valence-corrected chi connectivity index (χ3v) is 6.44. The van der Waals surface area contributed by atoms with Crippen LogP contribution in [0.4, 0.5) is 8.78 Å². The molecule has 1 heterocycles. The summed E-state index contributed by atoms with van der Waals surface area (Å²) in [4.78, 5) is 36.3. The summed E-state index contributed by atoms with van der Waals surface area (Å²) in [6.07, 6.45) is 2.83. The summed E-state index contributed by atoms with van der Waals surface area (Å²) in [5.74, 6) is -1.38. The summed E-state index contributed by atoms with van der Waals surface area (Å²) < 4.78 is 34.3. The van der Waals surface area contributed by atoms with Gasteiger partial charge in [-0.1, -0.05) is 52.8 Å². The standard InChI is InChI=1S/C19H20F2O2.C13H20N2O2.C4H10.C2H6/c1-4-23-17(22)9-8-14-10-15(11-16(20)19(14)21)18-12(2)6-5-7-13(18)3;1-10-7-13(17)15(8-11(2)16)9-12(10)5-6-14(3)4;1-4(2)3;1-2/h5-7,10-11H,4,8-9H2,1-3H3;7,9H,5-6,8H2,1-4H3;4H,1-3H3;1-2H3. The van der Waals surface area contributed by atoms with E-state index >= 15 is 0 Å². The molecule has 0 aliphatic heterocycles. The van der Waals surface area contributed by atoms with Crippen molar-refractivity contribution in [3.8, 4) is 11.1 Å². The van der Waals surface area contributed by atoms with Crippen LogP contribution in [0.25, 0.3) is 11.1 Å². The Labute approximate surface area is 275 Å². The number of halogens is 2. The minimum Gasteiger partial charge on any atom is -0.466 e. The first kappa shape index (κ1) is 42.3. The second kappa shape index (κ2) is 22.0. The van der Waals surface area contributed by atoms with Crippen LogP contribution in [0, 0.1) is 38.3 Å². The molecular weight excluding hydrogens is 586 g/mol. The lowest BCUT2D eigenvalue weighted by Crippen LogP contribution is -2.24. The Morgan fingerprint density at radius 3 is 1.98 bits per heavy atom. The topological polar surface area (TPSA) is 68.6 Å². The van der Waals surface area contributed by atoms with Crippen LogP contribution in [0.15, 0.2) is 47.4 Å². The van der Waals surface area contributed by atoms with Gasteiger partial charge in [0.1, 0.15) is 5.78 Å². The zero-order valence-corrected chi connectivity index (χ0v) is 30.1. The monoisotopic (exact) mass is 642 g/mol. The van der Waals surface area contributed by atoms with Crippen molar-refractivity contribution < 1.29 is 23.1 Å². The molecule has 46 heavy (non-hydrogen) atoms. The molecule has 1 aromatic heterocycles. The Morgan fingerprint density at radius 2 is 1.48 bits per heavy atom. The highest BCUT2D eigenvalue weighted by molar-refractivity contribution is 5.75. The number of likely N-dealkylation sites (N-methyl/N-ethyl adjacent to an activating group) is 1. The van der Waals surface area contributed by atoms with Crippen LogP contribution in [0.3, 0.4) is 0 Å². The predicted octanol–water partition coefficient (Wildman–Crippen LogP) is 8.28. The number of ether oxygens (including phenoxy) is 1. The van der Waals surface area contributed by atoms with Crippen LogP contribution in [0.2, 0.25) is 0 Å². The van der Waals surface area contributed by atoms with Crippen LogP contribution in [0.1, 0.15) is 82.7 Å². The molecule has 0 aliphatic carbocycles. The van der Waals surface area contributed by atoms with E-state index in [1.165, 1.54) is 17.6 Å². The lowest BCUT2D eigenvalue weighted by Gasteiger charge is -2.13. The third kappa shape index (κ3) is 15.6. The van der Waals surface area contributed by atoms with Crippen molar-refractivity contribution in [3.63, 3.8) is 0 Å². The highest BCUT2D eigenvalue weighted by Gasteiger charge is 2.15. The van der Waals surface area contributed by atoms with Crippen molar-refractivity contribution in [3.05, 3.63) is 92.4 Å². The molecular formula is C38H56F2N2O4. The fourth-order valence-electron chi connectivity index (χ4n) is 4.40. The Balaban J connectivity index is 0.000000776. The van der Waals surface area contributed by atoms with E-state index < -0.39 is 17.6 Å². The maximum absolute atomic E-state index is 14.0. The zero-order valence-electron chi connectivity index (χ0n) is 30.1. The smallest absolute Gasteiger partial charge is 0.306 e. The SMILES string of the molecule is CC.CC(=O)Cn1cc(CCN(C)C)c(C)cc1=O.CC(C)C.CCOC(=O)CCc1cc(-c2c(C)cccc2C)cc(F)c1F. The Bertz CT molecular complexity index is 1420. The number of hydrogen-bond donors (Lipinski definition) is 0. The Hall–Kier alpha value is -3.65. The first-order valence-electron chi connectivity index (χ1n) is 16.1. The molecule has 6 nitrogen and oxygen atoms in total. The van der Waals surface area contributed by atoms with Gasteiger partial charge in [-0.05, 0) is 119 Å². The molecule has 0 saturated carbocycles. The molecule has 0 bridgehead atoms. The molecule has 0 spiro atoms. The number of carbonyl (C=O) groups excluding carboxylic acids is 2. The summed E-state index contributed by atoms with van der Waals surface area (Å²) in [5.41, 5.74) is 5.71. The number of ketones is 1. The molecule has 8 heteroatoms. The number of pyridine rings is 1. The minimum atomic E-state index is -0.899. The van der Waals surface area contributed by atoms with Gasteiger partial charge in [-0.3, -0.25) is 14.4 Å². The lowest BCUT2D eigenvalue weighted by atomic mass is 9.93. The van der Waals surface area contributed by atoms with E-state index in [9.17, 15) is 23.2 Å². The number of hydrogen-bond acceptors (Lipinski definition) is 5. The molecule has 2 aromatic carbocycles. The molecule has 0 aliphatic rings. The predicted molar refractivity (Wildman–Crippen MR) is 186 cm³/mol. The number of esters is 1. The quantitative estimate of drug-likeness (QED) is 0.208. The summed E-state index contributed by atoms with van der Waals surface area (Å²) >= 11 is 0. The first-order chi connectivity index (χ1) is 21.6. The van der Waals surface area contributed by atoms with Crippen LogP contribution in [-0.4, -0.2) is 48.5 Å². The summed E-state index contributed by atoms with van der Waals surface area (Å²) in [5, 5.41) is 0. The van der Waals surface area contributed by atoms with Crippen LogP contribution < -0.4 is 5.56 Å². The second-order valence-electron chi connectivity index (χ2n) is 11.9. The maximum Gasteiger partial charge on any atom is 0.306 e. The van der Waals surface area contributed by atoms with Gasteiger partial charge in [-0.15, -0.1) is 0 Å². The van der Waals surface area contributed by atoms with Crippen LogP contribution in [-0.2, 0) is 33.7 Å². The van der Waals surface area contributed by atoms with E-state index in [1.807, 2.05) is 73.1 Å². The molecule has 0 amide bonds. The van der Waals surface area contributed by atoms with Crippen molar-refractivity contribution >= 4 is 11.8 Å². The van der Waals surface area contributed by atoms with E-state index in [4.69, 9.17) is 4.74 Å². The number of benzene rings is 2. The number of carbonyl (C=O) groups is 2. The van der Waals surface area contributed by atoms with Crippen molar-refractivity contribution in [1.82, 2.24) is 9.47 Å². The molecule has 0 atom stereocenters. The average molecular weight is 643 g/mol. The van der Waals surface area contributed by atoms with Crippen molar-refractivity contribution in [2.45, 2.75) is 95.0 Å². The van der Waals surface area contributed by atoms with E-state index in [-0.39, 0.29) is 42.9 Å². The van der Waals surface area contributed by atoms with Gasteiger partial charge < -0.3 is 14.2 Å². The molecule has 3 aromatic rings. The average Bonchev–Trinajstić information content (AvgIpc) is 2.96. The fraction of sp³-hybridized carbons (Fsp3) is 0.500. The van der Waals surface area contributed by atoms with E-state index in [2.05, 4.69) is 25.7 Å². The van der Waals surface area contributed by atoms with E-state index in [0.717, 1.165) is 46.7 Å². The highest BCUT2D eigenvalue weighted by Crippen LogP contribution is 2.30. The van der Waals surface area contributed by atoms with Gasteiger partial charge in [-0.2, -0.15) is 0 Å². The summed E-state index contributed by atoms with van der Waals surface area (Å²) in [6.45, 7) is 20.9. The van der Waals surface area contributed by atoms with Gasteiger partial charge in [0.05, 0.1) is 13.2 Å². The van der Waals surface area contributed by atoms with Gasteiger partial charge in [0.2, 0.25) is 0 Å². The third-order valence-electron chi connectivity index (χ3n) is 6.44.